The van der Waals surface area contributed by atoms with E-state index < -0.39 is 5.97 Å². The molecule has 0 saturated heterocycles. The number of esters is 1. The number of hydrogen-bond donors (Lipinski definition) is 1. The Morgan fingerprint density at radius 1 is 0.905 bits per heavy atom. The number of ether oxygens (including phenoxy) is 2. The molecule has 3 aliphatic rings. The van der Waals surface area contributed by atoms with E-state index in [4.69, 9.17) is 14.6 Å². The Bertz CT molecular complexity index is 954. The third-order valence-corrected chi connectivity index (χ3v) is 11.1. The van der Waals surface area contributed by atoms with E-state index in [1.54, 1.807) is 12.7 Å². The predicted molar refractivity (Wildman–Crippen MR) is 172 cm³/mol. The highest BCUT2D eigenvalue weighted by molar-refractivity contribution is 5.87. The van der Waals surface area contributed by atoms with Gasteiger partial charge in [0.1, 0.15) is 0 Å². The summed E-state index contributed by atoms with van der Waals surface area (Å²) in [6.45, 7) is 6.41. The van der Waals surface area contributed by atoms with Gasteiger partial charge in [0.25, 0.3) is 0 Å². The summed E-state index contributed by atoms with van der Waals surface area (Å²) in [7, 11) is 1.70. The smallest absolute Gasteiger partial charge is 0.335 e. The summed E-state index contributed by atoms with van der Waals surface area (Å²) in [6, 6.07) is 7.29. The van der Waals surface area contributed by atoms with Gasteiger partial charge < -0.3 is 14.6 Å². The average Bonchev–Trinajstić information content (AvgIpc) is 3.03. The fourth-order valence-corrected chi connectivity index (χ4v) is 8.44. The minimum atomic E-state index is -0.511. The van der Waals surface area contributed by atoms with Crippen LogP contribution in [-0.2, 0) is 33.5 Å². The summed E-state index contributed by atoms with van der Waals surface area (Å²) in [6.07, 6.45) is 24.7. The van der Waals surface area contributed by atoms with Crippen molar-refractivity contribution in [3.63, 3.8) is 0 Å². The molecule has 1 N–H and O–H groups in total. The predicted octanol–water partition coefficient (Wildman–Crippen LogP) is 8.66. The Morgan fingerprint density at radius 3 is 2.24 bits per heavy atom. The van der Waals surface area contributed by atoms with E-state index in [1.165, 1.54) is 107 Å². The van der Waals surface area contributed by atoms with Crippen molar-refractivity contribution in [3.05, 3.63) is 47.0 Å². The second kappa shape index (κ2) is 17.6. The first-order chi connectivity index (χ1) is 20.5. The van der Waals surface area contributed by atoms with Crippen LogP contribution in [0.4, 0.5) is 0 Å². The van der Waals surface area contributed by atoms with Gasteiger partial charge in [0.2, 0.25) is 0 Å². The van der Waals surface area contributed by atoms with Gasteiger partial charge in [0.15, 0.2) is 0 Å². The van der Waals surface area contributed by atoms with Crippen LogP contribution in [0.15, 0.2) is 30.4 Å². The molecule has 0 radical (unpaired) electrons. The molecule has 3 aliphatic carbocycles. The third kappa shape index (κ3) is 10.2. The molecule has 4 rings (SSSR count). The Hall–Kier alpha value is -1.65. The number of methoxy groups -OCH3 is 1. The van der Waals surface area contributed by atoms with Crippen LogP contribution in [0.25, 0.3) is 0 Å². The van der Waals surface area contributed by atoms with Crippen LogP contribution in [0.2, 0.25) is 0 Å². The van der Waals surface area contributed by atoms with E-state index >= 15 is 0 Å². The van der Waals surface area contributed by atoms with Gasteiger partial charge >= 0.3 is 5.97 Å². The zero-order chi connectivity index (χ0) is 29.7. The zero-order valence-electron chi connectivity index (χ0n) is 26.9. The van der Waals surface area contributed by atoms with E-state index in [0.29, 0.717) is 19.1 Å². The maximum absolute atomic E-state index is 11.9. The second-order valence-electron chi connectivity index (χ2n) is 14.2. The van der Waals surface area contributed by atoms with Crippen molar-refractivity contribution >= 4 is 5.97 Å². The Morgan fingerprint density at radius 2 is 1.60 bits per heavy atom. The van der Waals surface area contributed by atoms with Gasteiger partial charge in [-0.1, -0.05) is 83.1 Å². The molecular weight excluding hydrogens is 520 g/mol. The maximum Gasteiger partial charge on any atom is 0.335 e. The van der Waals surface area contributed by atoms with E-state index in [0.717, 1.165) is 42.9 Å². The number of fused-ring (bicyclic) bond motifs is 1. The molecule has 236 valence electrons. The monoisotopic (exact) mass is 580 g/mol. The van der Waals surface area contributed by atoms with Crippen LogP contribution < -0.4 is 0 Å². The summed E-state index contributed by atoms with van der Waals surface area (Å²) < 4.78 is 10.8. The molecule has 2 saturated carbocycles. The number of aryl methyl sites for hydroxylation is 2. The van der Waals surface area contributed by atoms with Crippen molar-refractivity contribution in [3.8, 4) is 0 Å². The van der Waals surface area contributed by atoms with Crippen LogP contribution in [0, 0.1) is 35.5 Å². The number of benzene rings is 1. The molecule has 4 nitrogen and oxygen atoms in total. The molecule has 2 atom stereocenters. The summed E-state index contributed by atoms with van der Waals surface area (Å²) >= 11 is 0. The summed E-state index contributed by atoms with van der Waals surface area (Å²) in [5, 5.41) is 9.11. The van der Waals surface area contributed by atoms with Crippen molar-refractivity contribution in [1.29, 1.82) is 0 Å². The van der Waals surface area contributed by atoms with E-state index in [2.05, 4.69) is 31.7 Å². The van der Waals surface area contributed by atoms with Gasteiger partial charge in [0, 0.05) is 13.0 Å². The first kappa shape index (κ1) is 33.2. The number of carbonyl (C=O) groups is 1. The molecule has 0 amide bonds. The quantitative estimate of drug-likeness (QED) is 0.121. The average molecular weight is 581 g/mol. The Balaban J connectivity index is 1.16. The van der Waals surface area contributed by atoms with Crippen LogP contribution >= 0.6 is 0 Å². The SMILES string of the molecule is C=C(CO)C(=O)OCC(COC)CC1CCc2cc(CCC3CCC(C4CCC(CCCCC)CC4)CC3)ccc2C1. The Kier molecular flexibility index (Phi) is 13.9. The third-order valence-electron chi connectivity index (χ3n) is 11.1. The van der Waals surface area contributed by atoms with Gasteiger partial charge in [0.05, 0.1) is 25.4 Å². The van der Waals surface area contributed by atoms with Crippen molar-refractivity contribution in [2.75, 3.05) is 26.9 Å². The highest BCUT2D eigenvalue weighted by atomic mass is 16.5. The van der Waals surface area contributed by atoms with Crippen LogP contribution in [0.1, 0.15) is 120 Å². The second-order valence-corrected chi connectivity index (χ2v) is 14.2. The largest absolute Gasteiger partial charge is 0.462 e. The summed E-state index contributed by atoms with van der Waals surface area (Å²) in [4.78, 5) is 11.9. The molecule has 2 unspecified atom stereocenters. The van der Waals surface area contributed by atoms with Gasteiger partial charge in [-0.15, -0.1) is 0 Å². The fourth-order valence-electron chi connectivity index (χ4n) is 8.44. The summed E-state index contributed by atoms with van der Waals surface area (Å²) in [5.74, 6) is 4.24. The molecule has 42 heavy (non-hydrogen) atoms. The maximum atomic E-state index is 11.9. The first-order valence-electron chi connectivity index (χ1n) is 17.5. The number of rotatable bonds is 16. The van der Waals surface area contributed by atoms with Gasteiger partial charge in [-0.3, -0.25) is 0 Å². The number of hydrogen-bond acceptors (Lipinski definition) is 4. The number of unbranched alkanes of at least 4 members (excludes halogenated alkanes) is 2. The zero-order valence-corrected chi connectivity index (χ0v) is 26.9. The van der Waals surface area contributed by atoms with Crippen LogP contribution in [0.3, 0.4) is 0 Å². The molecule has 4 heteroatoms. The molecule has 0 aromatic heterocycles. The lowest BCUT2D eigenvalue weighted by molar-refractivity contribution is -0.141. The van der Waals surface area contributed by atoms with Crippen molar-refractivity contribution < 1.29 is 19.4 Å². The molecule has 0 spiro atoms. The molecule has 0 bridgehead atoms. The minimum Gasteiger partial charge on any atom is -0.462 e. The van der Waals surface area contributed by atoms with Gasteiger partial charge in [-0.2, -0.15) is 0 Å². The lowest BCUT2D eigenvalue weighted by Crippen LogP contribution is -2.26. The minimum absolute atomic E-state index is 0.103. The highest BCUT2D eigenvalue weighted by Crippen LogP contribution is 2.43. The van der Waals surface area contributed by atoms with Crippen molar-refractivity contribution in [1.82, 2.24) is 0 Å². The fraction of sp³-hybridized carbons (Fsp3) is 0.763. The lowest BCUT2D eigenvalue weighted by Gasteiger charge is -2.38. The van der Waals surface area contributed by atoms with Crippen LogP contribution in [-0.4, -0.2) is 38.0 Å². The van der Waals surface area contributed by atoms with E-state index in [-0.39, 0.29) is 18.1 Å². The molecular formula is C38H60O4. The molecule has 2 fully saturated rings. The van der Waals surface area contributed by atoms with Crippen LogP contribution in [0.5, 0.6) is 0 Å². The van der Waals surface area contributed by atoms with Gasteiger partial charge in [-0.25, -0.2) is 4.79 Å². The van der Waals surface area contributed by atoms with E-state index in [1.807, 2.05) is 0 Å². The standard InChI is InChI=1S/C38H60O4/c1-4-5-6-7-29-10-16-34(17-11-29)35-18-12-30(13-19-35)8-9-31-14-20-37-24-32(15-21-36(37)23-31)22-33(26-41-3)27-42-38(40)28(2)25-39/h14,20,23,29-30,32-35,39H,2,4-13,15-19,21-22,24-27H2,1,3H3. The lowest BCUT2D eigenvalue weighted by atomic mass is 9.68. The summed E-state index contributed by atoms with van der Waals surface area (Å²) in [5.41, 5.74) is 4.68. The van der Waals surface area contributed by atoms with Crippen molar-refractivity contribution in [2.24, 2.45) is 35.5 Å². The molecule has 0 aliphatic heterocycles. The molecule has 1 aromatic carbocycles. The topological polar surface area (TPSA) is 55.8 Å². The van der Waals surface area contributed by atoms with Gasteiger partial charge in [-0.05, 0) is 110 Å². The molecule has 0 heterocycles. The first-order valence-corrected chi connectivity index (χ1v) is 17.5. The molecule has 1 aromatic rings. The number of carbonyl (C=O) groups excluding carboxylic acids is 1. The Labute approximate surface area is 257 Å². The normalized spacial score (nSPS) is 26.8. The van der Waals surface area contributed by atoms with E-state index in [9.17, 15) is 4.79 Å². The number of aliphatic hydroxyl groups excluding tert-OH is 1. The number of aliphatic hydroxyl groups is 1. The highest BCUT2D eigenvalue weighted by Gasteiger charge is 2.31. The van der Waals surface area contributed by atoms with Crippen molar-refractivity contribution in [2.45, 2.75) is 122 Å².